The fraction of sp³-hybridized carbons (Fsp3) is 0.0698. The Morgan fingerprint density at radius 3 is 2.09 bits per heavy atom. The Morgan fingerprint density at radius 1 is 0.617 bits per heavy atom. The van der Waals surface area contributed by atoms with E-state index in [9.17, 15) is 0 Å². The predicted octanol–water partition coefficient (Wildman–Crippen LogP) is 11.6. The molecular formula is C43H29N3S. The lowest BCUT2D eigenvalue weighted by Crippen LogP contribution is -2.15. The van der Waals surface area contributed by atoms with Crippen molar-refractivity contribution in [1.82, 2.24) is 14.5 Å². The third-order valence-electron chi connectivity index (χ3n) is 9.97. The Morgan fingerprint density at radius 2 is 1.28 bits per heavy atom. The van der Waals surface area contributed by atoms with Crippen LogP contribution in [0.5, 0.6) is 0 Å². The van der Waals surface area contributed by atoms with E-state index in [4.69, 9.17) is 9.97 Å². The molecule has 1 aliphatic carbocycles. The van der Waals surface area contributed by atoms with Gasteiger partial charge in [-0.25, -0.2) is 9.97 Å². The van der Waals surface area contributed by atoms with Gasteiger partial charge in [-0.15, -0.1) is 11.3 Å². The van der Waals surface area contributed by atoms with Gasteiger partial charge in [0.2, 0.25) is 0 Å². The third kappa shape index (κ3) is 3.67. The van der Waals surface area contributed by atoms with Gasteiger partial charge in [0.15, 0.2) is 5.82 Å². The maximum atomic E-state index is 5.36. The number of benzene rings is 6. The van der Waals surface area contributed by atoms with Gasteiger partial charge in [-0.2, -0.15) is 0 Å². The van der Waals surface area contributed by atoms with Crippen molar-refractivity contribution in [3.63, 3.8) is 0 Å². The second kappa shape index (κ2) is 9.71. The SMILES string of the molecule is CC1(C)c2ccccc2-c2c1c1c3ccccc3n(-c3cc(-c4ccccc4)nc(-c4ccccc4)n3)c1c1sc3ccccc3c21. The maximum Gasteiger partial charge on any atom is 0.162 e. The van der Waals surface area contributed by atoms with Gasteiger partial charge in [0.1, 0.15) is 5.82 Å². The van der Waals surface area contributed by atoms with Gasteiger partial charge in [0.05, 0.1) is 21.4 Å². The molecule has 222 valence electrons. The molecule has 3 nitrogen and oxygen atoms in total. The fourth-order valence-electron chi connectivity index (χ4n) is 7.95. The molecule has 47 heavy (non-hydrogen) atoms. The van der Waals surface area contributed by atoms with Crippen LogP contribution >= 0.6 is 11.3 Å². The van der Waals surface area contributed by atoms with E-state index in [0.717, 1.165) is 34.0 Å². The molecule has 9 aromatic rings. The number of nitrogens with zero attached hydrogens (tertiary/aromatic N) is 3. The number of aromatic nitrogens is 3. The predicted molar refractivity (Wildman–Crippen MR) is 198 cm³/mol. The maximum absolute atomic E-state index is 5.36. The van der Waals surface area contributed by atoms with Gasteiger partial charge < -0.3 is 0 Å². The van der Waals surface area contributed by atoms with Crippen LogP contribution in [-0.4, -0.2) is 14.5 Å². The number of hydrogen-bond donors (Lipinski definition) is 0. The highest BCUT2D eigenvalue weighted by molar-refractivity contribution is 7.26. The molecule has 0 aliphatic heterocycles. The Balaban J connectivity index is 1.43. The van der Waals surface area contributed by atoms with Gasteiger partial charge in [-0.3, -0.25) is 4.57 Å². The first kappa shape index (κ1) is 26.6. The van der Waals surface area contributed by atoms with Gasteiger partial charge in [-0.05, 0) is 34.4 Å². The largest absolute Gasteiger partial charge is 0.292 e. The van der Waals surface area contributed by atoms with E-state index >= 15 is 0 Å². The summed E-state index contributed by atoms with van der Waals surface area (Å²) in [6.45, 7) is 4.80. The lowest BCUT2D eigenvalue weighted by atomic mass is 9.80. The number of para-hydroxylation sites is 1. The Hall–Kier alpha value is -5.58. The third-order valence-corrected chi connectivity index (χ3v) is 11.2. The number of fused-ring (bicyclic) bond motifs is 12. The molecule has 4 heteroatoms. The van der Waals surface area contributed by atoms with Crippen molar-refractivity contribution >= 4 is 53.3 Å². The molecule has 0 atom stereocenters. The smallest absolute Gasteiger partial charge is 0.162 e. The standard InChI is InChI=1S/C43H29N3S/c1-43(2)31-22-12-9-19-28(31)36-37-30-21-11-14-24-34(30)47-41(37)40-38(39(36)43)29-20-10-13-23-33(29)46(40)35-25-32(26-15-5-3-6-16-26)44-42(45-35)27-17-7-4-8-18-27/h3-25H,1-2H3. The van der Waals surface area contributed by atoms with Crippen LogP contribution < -0.4 is 0 Å². The highest BCUT2D eigenvalue weighted by Gasteiger charge is 2.40. The summed E-state index contributed by atoms with van der Waals surface area (Å²) in [6.07, 6.45) is 0. The summed E-state index contributed by atoms with van der Waals surface area (Å²) in [5.41, 5.74) is 10.7. The zero-order valence-electron chi connectivity index (χ0n) is 26.0. The molecule has 0 saturated carbocycles. The quantitative estimate of drug-likeness (QED) is 0.197. The van der Waals surface area contributed by atoms with Crippen molar-refractivity contribution < 1.29 is 0 Å². The zero-order chi connectivity index (χ0) is 31.3. The average Bonchev–Trinajstić information content (AvgIpc) is 3.75. The van der Waals surface area contributed by atoms with Crippen molar-refractivity contribution in [1.29, 1.82) is 0 Å². The number of thiophene rings is 1. The topological polar surface area (TPSA) is 30.7 Å². The van der Waals surface area contributed by atoms with Crippen LogP contribution in [0.4, 0.5) is 0 Å². The molecule has 0 fully saturated rings. The van der Waals surface area contributed by atoms with E-state index < -0.39 is 0 Å². The van der Waals surface area contributed by atoms with Gasteiger partial charge in [-0.1, -0.05) is 135 Å². The summed E-state index contributed by atoms with van der Waals surface area (Å²) in [5.74, 6) is 1.59. The number of hydrogen-bond acceptors (Lipinski definition) is 3. The Kier molecular flexibility index (Phi) is 5.50. The number of rotatable bonds is 3. The summed E-state index contributed by atoms with van der Waals surface area (Å²) in [7, 11) is 0. The van der Waals surface area contributed by atoms with Gasteiger partial charge in [0, 0.05) is 48.9 Å². The molecule has 6 aromatic carbocycles. The van der Waals surface area contributed by atoms with Crippen LogP contribution in [0.1, 0.15) is 25.0 Å². The second-order valence-corrected chi connectivity index (χ2v) is 14.0. The van der Waals surface area contributed by atoms with Crippen molar-refractivity contribution in [2.45, 2.75) is 19.3 Å². The zero-order valence-corrected chi connectivity index (χ0v) is 26.8. The minimum atomic E-state index is -0.188. The average molecular weight is 620 g/mol. The van der Waals surface area contributed by atoms with Crippen molar-refractivity contribution in [2.24, 2.45) is 0 Å². The van der Waals surface area contributed by atoms with E-state index in [1.807, 2.05) is 17.4 Å². The molecule has 0 saturated heterocycles. The van der Waals surface area contributed by atoms with Crippen LogP contribution in [0.15, 0.2) is 140 Å². The monoisotopic (exact) mass is 619 g/mol. The molecule has 3 heterocycles. The molecule has 0 bridgehead atoms. The molecule has 0 radical (unpaired) electrons. The molecule has 0 spiro atoms. The van der Waals surface area contributed by atoms with Crippen molar-refractivity contribution in [3.8, 4) is 39.6 Å². The first-order valence-electron chi connectivity index (χ1n) is 16.1. The fourth-order valence-corrected chi connectivity index (χ4v) is 9.20. The summed E-state index contributed by atoms with van der Waals surface area (Å²) < 4.78 is 5.01. The minimum Gasteiger partial charge on any atom is -0.292 e. The minimum absolute atomic E-state index is 0.188. The van der Waals surface area contributed by atoms with E-state index in [2.05, 4.69) is 152 Å². The van der Waals surface area contributed by atoms with Crippen molar-refractivity contribution in [2.75, 3.05) is 0 Å². The first-order valence-corrected chi connectivity index (χ1v) is 16.9. The van der Waals surface area contributed by atoms with Gasteiger partial charge >= 0.3 is 0 Å². The first-order chi connectivity index (χ1) is 23.1. The van der Waals surface area contributed by atoms with Crippen LogP contribution in [-0.2, 0) is 5.41 Å². The van der Waals surface area contributed by atoms with Crippen LogP contribution in [0.2, 0.25) is 0 Å². The molecular weight excluding hydrogens is 591 g/mol. The van der Waals surface area contributed by atoms with Crippen LogP contribution in [0.25, 0.3) is 81.6 Å². The molecule has 10 rings (SSSR count). The van der Waals surface area contributed by atoms with Gasteiger partial charge in [0.25, 0.3) is 0 Å². The summed E-state index contributed by atoms with van der Waals surface area (Å²) in [4.78, 5) is 10.5. The molecule has 0 N–H and O–H groups in total. The van der Waals surface area contributed by atoms with E-state index in [1.54, 1.807) is 0 Å². The Labute approximate surface area is 276 Å². The molecule has 3 aromatic heterocycles. The lowest BCUT2D eigenvalue weighted by Gasteiger charge is -2.23. The summed E-state index contributed by atoms with van der Waals surface area (Å²) in [6, 6.07) is 49.7. The molecule has 0 amide bonds. The summed E-state index contributed by atoms with van der Waals surface area (Å²) >= 11 is 1.89. The Bertz CT molecular complexity index is 2640. The second-order valence-electron chi connectivity index (χ2n) is 13.0. The molecule has 0 unspecified atom stereocenters. The van der Waals surface area contributed by atoms with Crippen LogP contribution in [0.3, 0.4) is 0 Å². The van der Waals surface area contributed by atoms with E-state index in [0.29, 0.717) is 0 Å². The highest BCUT2D eigenvalue weighted by Crippen LogP contribution is 2.58. The molecule has 1 aliphatic rings. The highest BCUT2D eigenvalue weighted by atomic mass is 32.1. The van der Waals surface area contributed by atoms with Crippen molar-refractivity contribution in [3.05, 3.63) is 151 Å². The lowest BCUT2D eigenvalue weighted by molar-refractivity contribution is 0.667. The van der Waals surface area contributed by atoms with E-state index in [1.165, 1.54) is 58.7 Å². The summed E-state index contributed by atoms with van der Waals surface area (Å²) in [5, 5.41) is 5.22. The normalized spacial score (nSPS) is 13.5. The van der Waals surface area contributed by atoms with Crippen LogP contribution in [0, 0.1) is 0 Å². The van der Waals surface area contributed by atoms with E-state index in [-0.39, 0.29) is 5.41 Å².